The van der Waals surface area contributed by atoms with Gasteiger partial charge in [-0.1, -0.05) is 32.6 Å². The molecule has 2 atom stereocenters. The number of methoxy groups -OCH3 is 1. The maximum absolute atomic E-state index is 5.28. The predicted octanol–water partition coefficient (Wildman–Crippen LogP) is 2.46. The number of hydrogen-bond acceptors (Lipinski definition) is 1. The highest BCUT2D eigenvalue weighted by molar-refractivity contribution is 4.96. The summed E-state index contributed by atoms with van der Waals surface area (Å²) >= 11 is 0. The van der Waals surface area contributed by atoms with Crippen LogP contribution < -0.4 is 0 Å². The van der Waals surface area contributed by atoms with Crippen LogP contribution in [0.3, 0.4) is 0 Å². The summed E-state index contributed by atoms with van der Waals surface area (Å²) in [5.41, 5.74) is 0. The van der Waals surface area contributed by atoms with E-state index in [1.165, 1.54) is 19.3 Å². The zero-order chi connectivity index (χ0) is 8.69. The Hall–Kier alpha value is -0.480. The lowest BCUT2D eigenvalue weighted by atomic mass is 9.99. The van der Waals surface area contributed by atoms with E-state index in [2.05, 4.69) is 19.8 Å². The average molecular weight is 154 g/mol. The number of ether oxygens (including phenoxy) is 1. The minimum Gasteiger partial charge on any atom is -0.368 e. The molecular weight excluding hydrogens is 136 g/mol. The van der Waals surface area contributed by atoms with Gasteiger partial charge in [0.05, 0.1) is 0 Å². The topological polar surface area (TPSA) is 9.23 Å². The molecule has 1 heteroatoms. The Labute approximate surface area is 70.1 Å². The molecule has 0 aromatic rings. The third kappa shape index (κ3) is 4.06. The highest BCUT2D eigenvalue weighted by atomic mass is 16.5. The first-order valence-electron chi connectivity index (χ1n) is 4.25. The second kappa shape index (κ2) is 6.24. The summed E-state index contributed by atoms with van der Waals surface area (Å²) in [7, 11) is 1.67. The van der Waals surface area contributed by atoms with E-state index in [1.54, 1.807) is 7.11 Å². The van der Waals surface area contributed by atoms with Crippen LogP contribution in [0.4, 0.5) is 0 Å². The van der Waals surface area contributed by atoms with Crippen molar-refractivity contribution in [1.82, 2.24) is 0 Å². The van der Waals surface area contributed by atoms with Gasteiger partial charge in [0.2, 0.25) is 0 Å². The van der Waals surface area contributed by atoms with Gasteiger partial charge in [-0.05, 0) is 12.3 Å². The Morgan fingerprint density at radius 2 is 2.18 bits per heavy atom. The van der Waals surface area contributed by atoms with Crippen molar-refractivity contribution in [2.75, 3.05) is 7.11 Å². The first-order chi connectivity index (χ1) is 5.26. The normalized spacial score (nSPS) is 15.5. The third-order valence-corrected chi connectivity index (χ3v) is 1.95. The van der Waals surface area contributed by atoms with E-state index in [-0.39, 0.29) is 6.10 Å². The van der Waals surface area contributed by atoms with Gasteiger partial charge in [0.15, 0.2) is 0 Å². The monoisotopic (exact) mass is 154 g/mol. The van der Waals surface area contributed by atoms with Crippen molar-refractivity contribution >= 4 is 0 Å². The molecule has 0 heterocycles. The number of terminal acetylenes is 1. The molecule has 0 fully saturated rings. The lowest BCUT2D eigenvalue weighted by molar-refractivity contribution is 0.0995. The standard InChI is InChI=1S/C10H18O/c1-5-7-8-9(3)10(6-2)11-4/h2,9-10H,5,7-8H2,1,3-4H3. The largest absolute Gasteiger partial charge is 0.368 e. The summed E-state index contributed by atoms with van der Waals surface area (Å²) in [6, 6.07) is 0. The summed E-state index contributed by atoms with van der Waals surface area (Å²) < 4.78 is 5.12. The fourth-order valence-corrected chi connectivity index (χ4v) is 1.14. The molecule has 0 saturated carbocycles. The van der Waals surface area contributed by atoms with Crippen LogP contribution in [0.1, 0.15) is 33.1 Å². The van der Waals surface area contributed by atoms with E-state index in [4.69, 9.17) is 11.2 Å². The summed E-state index contributed by atoms with van der Waals surface area (Å²) in [6.07, 6.45) is 8.91. The molecule has 0 spiro atoms. The summed E-state index contributed by atoms with van der Waals surface area (Å²) in [6.45, 7) is 4.33. The summed E-state index contributed by atoms with van der Waals surface area (Å²) in [4.78, 5) is 0. The smallest absolute Gasteiger partial charge is 0.120 e. The molecule has 0 aliphatic rings. The van der Waals surface area contributed by atoms with Gasteiger partial charge in [-0.3, -0.25) is 0 Å². The molecule has 0 radical (unpaired) electrons. The van der Waals surface area contributed by atoms with Gasteiger partial charge in [-0.25, -0.2) is 0 Å². The molecule has 1 nitrogen and oxygen atoms in total. The molecule has 0 bridgehead atoms. The molecule has 0 amide bonds. The van der Waals surface area contributed by atoms with Gasteiger partial charge < -0.3 is 4.74 Å². The van der Waals surface area contributed by atoms with E-state index in [1.807, 2.05) is 0 Å². The van der Waals surface area contributed by atoms with Crippen LogP contribution in [0.25, 0.3) is 0 Å². The fraction of sp³-hybridized carbons (Fsp3) is 0.800. The van der Waals surface area contributed by atoms with E-state index >= 15 is 0 Å². The van der Waals surface area contributed by atoms with E-state index in [9.17, 15) is 0 Å². The molecule has 0 aromatic heterocycles. The van der Waals surface area contributed by atoms with Crippen LogP contribution >= 0.6 is 0 Å². The zero-order valence-electron chi connectivity index (χ0n) is 7.76. The quantitative estimate of drug-likeness (QED) is 0.553. The van der Waals surface area contributed by atoms with Crippen LogP contribution in [0.2, 0.25) is 0 Å². The van der Waals surface area contributed by atoms with Crippen molar-refractivity contribution in [1.29, 1.82) is 0 Å². The molecule has 0 aromatic carbocycles. The molecular formula is C10H18O. The van der Waals surface area contributed by atoms with E-state index in [0.717, 1.165) is 0 Å². The molecule has 64 valence electrons. The molecule has 0 rings (SSSR count). The first-order valence-corrected chi connectivity index (χ1v) is 4.25. The van der Waals surface area contributed by atoms with Gasteiger partial charge in [0.25, 0.3) is 0 Å². The first kappa shape index (κ1) is 10.5. The van der Waals surface area contributed by atoms with Crippen LogP contribution in [0.15, 0.2) is 0 Å². The molecule has 0 aliphatic heterocycles. The van der Waals surface area contributed by atoms with Gasteiger partial charge >= 0.3 is 0 Å². The zero-order valence-corrected chi connectivity index (χ0v) is 7.76. The van der Waals surface area contributed by atoms with Crippen LogP contribution in [-0.2, 0) is 4.74 Å². The second-order valence-electron chi connectivity index (χ2n) is 2.94. The van der Waals surface area contributed by atoms with E-state index in [0.29, 0.717) is 5.92 Å². The molecule has 0 saturated heterocycles. The van der Waals surface area contributed by atoms with Crippen molar-refractivity contribution in [3.63, 3.8) is 0 Å². The molecule has 2 unspecified atom stereocenters. The van der Waals surface area contributed by atoms with Crippen molar-refractivity contribution in [2.45, 2.75) is 39.2 Å². The van der Waals surface area contributed by atoms with Crippen molar-refractivity contribution in [2.24, 2.45) is 5.92 Å². The maximum atomic E-state index is 5.28. The van der Waals surface area contributed by atoms with Gasteiger partial charge in [-0.2, -0.15) is 0 Å². The molecule has 0 aliphatic carbocycles. The lowest BCUT2D eigenvalue weighted by Gasteiger charge is -2.16. The van der Waals surface area contributed by atoms with Crippen LogP contribution in [0.5, 0.6) is 0 Å². The van der Waals surface area contributed by atoms with E-state index < -0.39 is 0 Å². The third-order valence-electron chi connectivity index (χ3n) is 1.95. The maximum Gasteiger partial charge on any atom is 0.120 e. The second-order valence-corrected chi connectivity index (χ2v) is 2.94. The SMILES string of the molecule is C#CC(OC)C(C)CCCC. The Kier molecular flexibility index (Phi) is 5.97. The fourth-order valence-electron chi connectivity index (χ4n) is 1.14. The molecule has 11 heavy (non-hydrogen) atoms. The minimum absolute atomic E-state index is 0.00144. The Balaban J connectivity index is 3.62. The number of hydrogen-bond donors (Lipinski definition) is 0. The van der Waals surface area contributed by atoms with Crippen molar-refractivity contribution in [3.8, 4) is 12.3 Å². The van der Waals surface area contributed by atoms with Gasteiger partial charge in [0, 0.05) is 7.11 Å². The number of rotatable bonds is 5. The average Bonchev–Trinajstić information content (AvgIpc) is 2.03. The summed E-state index contributed by atoms with van der Waals surface area (Å²) in [5.74, 6) is 3.13. The Morgan fingerprint density at radius 3 is 2.55 bits per heavy atom. The van der Waals surface area contributed by atoms with Crippen LogP contribution in [0, 0.1) is 18.3 Å². The highest BCUT2D eigenvalue weighted by Crippen LogP contribution is 2.13. The minimum atomic E-state index is 0.00144. The van der Waals surface area contributed by atoms with Crippen molar-refractivity contribution in [3.05, 3.63) is 0 Å². The van der Waals surface area contributed by atoms with Crippen LogP contribution in [-0.4, -0.2) is 13.2 Å². The highest BCUT2D eigenvalue weighted by Gasteiger charge is 2.12. The predicted molar refractivity (Wildman–Crippen MR) is 48.3 cm³/mol. The molecule has 0 N–H and O–H groups in total. The Bertz CT molecular complexity index is 123. The summed E-state index contributed by atoms with van der Waals surface area (Å²) in [5, 5.41) is 0. The van der Waals surface area contributed by atoms with Gasteiger partial charge in [0.1, 0.15) is 6.10 Å². The lowest BCUT2D eigenvalue weighted by Crippen LogP contribution is -2.17. The van der Waals surface area contributed by atoms with Crippen molar-refractivity contribution < 1.29 is 4.74 Å². The Morgan fingerprint density at radius 1 is 1.55 bits per heavy atom. The van der Waals surface area contributed by atoms with Gasteiger partial charge in [-0.15, -0.1) is 6.42 Å². The number of unbranched alkanes of at least 4 members (excludes halogenated alkanes) is 1.